The van der Waals surface area contributed by atoms with E-state index in [1.54, 1.807) is 0 Å². The van der Waals surface area contributed by atoms with Crippen LogP contribution in [0.4, 0.5) is 0 Å². The van der Waals surface area contributed by atoms with Crippen molar-refractivity contribution in [2.45, 2.75) is 19.9 Å². The molecule has 0 radical (unpaired) electrons. The molecule has 3 heteroatoms. The summed E-state index contributed by atoms with van der Waals surface area (Å²) in [5.41, 5.74) is 2.54. The lowest BCUT2D eigenvalue weighted by Crippen LogP contribution is -2.28. The average Bonchev–Trinajstić information content (AvgIpc) is 2.54. The molecule has 2 aromatic carbocycles. The monoisotopic (exact) mass is 299 g/mol. The fourth-order valence-electron chi connectivity index (χ4n) is 2.50. The Balaban J connectivity index is 1.94. The van der Waals surface area contributed by atoms with Crippen LogP contribution in [0.3, 0.4) is 0 Å². The fourth-order valence-corrected chi connectivity index (χ4v) is 2.50. The third-order valence-electron chi connectivity index (χ3n) is 3.59. The fraction of sp³-hybridized carbons (Fsp3) is 0.368. The van der Waals surface area contributed by atoms with Crippen LogP contribution in [0.15, 0.2) is 54.6 Å². The van der Waals surface area contributed by atoms with Gasteiger partial charge in [-0.3, -0.25) is 4.90 Å². The topological polar surface area (TPSA) is 32.7 Å². The Morgan fingerprint density at radius 2 is 1.73 bits per heavy atom. The first-order valence-electron chi connectivity index (χ1n) is 7.90. The number of hydrogen-bond acceptors (Lipinski definition) is 3. The minimum Gasteiger partial charge on any atom is -0.494 e. The summed E-state index contributed by atoms with van der Waals surface area (Å²) >= 11 is 0. The molecule has 0 bridgehead atoms. The first-order chi connectivity index (χ1) is 10.8. The van der Waals surface area contributed by atoms with E-state index in [4.69, 9.17) is 4.74 Å². The van der Waals surface area contributed by atoms with E-state index >= 15 is 0 Å². The molecule has 0 aliphatic heterocycles. The molecule has 0 fully saturated rings. The van der Waals surface area contributed by atoms with Crippen LogP contribution >= 0.6 is 0 Å². The molecule has 22 heavy (non-hydrogen) atoms. The molecule has 1 N–H and O–H groups in total. The van der Waals surface area contributed by atoms with Crippen LogP contribution in [-0.2, 0) is 13.0 Å². The lowest BCUT2D eigenvalue weighted by atomic mass is 10.1. The van der Waals surface area contributed by atoms with Crippen molar-refractivity contribution >= 4 is 0 Å². The molecular formula is C19H25NO2. The number of benzene rings is 2. The molecular weight excluding hydrogens is 274 g/mol. The van der Waals surface area contributed by atoms with Gasteiger partial charge in [0.15, 0.2) is 0 Å². The number of nitrogens with zero attached hydrogens (tertiary/aromatic N) is 1. The van der Waals surface area contributed by atoms with Crippen molar-refractivity contribution in [1.29, 1.82) is 0 Å². The number of hydrogen-bond donors (Lipinski definition) is 1. The highest BCUT2D eigenvalue weighted by Crippen LogP contribution is 2.15. The Morgan fingerprint density at radius 3 is 2.45 bits per heavy atom. The van der Waals surface area contributed by atoms with E-state index in [-0.39, 0.29) is 6.61 Å². The van der Waals surface area contributed by atoms with E-state index in [0.29, 0.717) is 13.2 Å². The second kappa shape index (κ2) is 9.23. The van der Waals surface area contributed by atoms with Crippen molar-refractivity contribution in [3.8, 4) is 5.75 Å². The highest BCUT2D eigenvalue weighted by Gasteiger charge is 2.07. The maximum Gasteiger partial charge on any atom is 0.119 e. The zero-order valence-corrected chi connectivity index (χ0v) is 13.2. The van der Waals surface area contributed by atoms with Crippen molar-refractivity contribution in [1.82, 2.24) is 4.90 Å². The van der Waals surface area contributed by atoms with E-state index in [0.717, 1.165) is 25.3 Å². The zero-order valence-electron chi connectivity index (χ0n) is 13.2. The van der Waals surface area contributed by atoms with E-state index in [1.165, 1.54) is 11.1 Å². The third-order valence-corrected chi connectivity index (χ3v) is 3.59. The second-order valence-corrected chi connectivity index (χ2v) is 5.32. The lowest BCUT2D eigenvalue weighted by molar-refractivity contribution is 0.191. The van der Waals surface area contributed by atoms with Gasteiger partial charge in [-0.2, -0.15) is 0 Å². The highest BCUT2D eigenvalue weighted by molar-refractivity contribution is 5.28. The molecule has 0 atom stereocenters. The molecule has 2 aromatic rings. The molecule has 0 unspecified atom stereocenters. The van der Waals surface area contributed by atoms with Crippen molar-refractivity contribution < 1.29 is 9.84 Å². The SMILES string of the molecule is CCOc1cccc(CN(CCO)CCc2ccccc2)c1. The third kappa shape index (κ3) is 5.51. The summed E-state index contributed by atoms with van der Waals surface area (Å²) in [7, 11) is 0. The quantitative estimate of drug-likeness (QED) is 0.772. The summed E-state index contributed by atoms with van der Waals surface area (Å²) in [5, 5.41) is 9.28. The maximum absolute atomic E-state index is 9.28. The van der Waals surface area contributed by atoms with Crippen molar-refractivity contribution in [3.05, 3.63) is 65.7 Å². The van der Waals surface area contributed by atoms with Crippen molar-refractivity contribution in [2.75, 3.05) is 26.3 Å². The molecule has 0 aliphatic rings. The minimum atomic E-state index is 0.180. The van der Waals surface area contributed by atoms with Gasteiger partial charge in [0.1, 0.15) is 5.75 Å². The largest absolute Gasteiger partial charge is 0.494 e. The van der Waals surface area contributed by atoms with Gasteiger partial charge in [0.05, 0.1) is 13.2 Å². The molecule has 3 nitrogen and oxygen atoms in total. The summed E-state index contributed by atoms with van der Waals surface area (Å²) in [6.45, 7) is 5.30. The molecule has 0 saturated heterocycles. The van der Waals surface area contributed by atoms with Gasteiger partial charge >= 0.3 is 0 Å². The first-order valence-corrected chi connectivity index (χ1v) is 7.90. The Hall–Kier alpha value is -1.84. The summed E-state index contributed by atoms with van der Waals surface area (Å²) in [6.07, 6.45) is 0.992. The van der Waals surface area contributed by atoms with Gasteiger partial charge in [-0.1, -0.05) is 42.5 Å². The Bertz CT molecular complexity index is 542. The maximum atomic E-state index is 9.28. The summed E-state index contributed by atoms with van der Waals surface area (Å²) in [5.74, 6) is 0.909. The van der Waals surface area contributed by atoms with E-state index in [1.807, 2.05) is 25.1 Å². The smallest absolute Gasteiger partial charge is 0.119 e. The standard InChI is InChI=1S/C19H25NO2/c1-2-22-19-10-6-9-18(15-19)16-20(13-14-21)12-11-17-7-4-3-5-8-17/h3-10,15,21H,2,11-14,16H2,1H3. The predicted octanol–water partition coefficient (Wildman–Crippen LogP) is 3.12. The molecule has 0 saturated carbocycles. The molecule has 0 amide bonds. The van der Waals surface area contributed by atoms with Gasteiger partial charge in [0, 0.05) is 19.6 Å². The van der Waals surface area contributed by atoms with Gasteiger partial charge in [0.25, 0.3) is 0 Å². The Labute approximate surface area is 133 Å². The van der Waals surface area contributed by atoms with Crippen LogP contribution < -0.4 is 4.74 Å². The number of rotatable bonds is 9. The Morgan fingerprint density at radius 1 is 0.955 bits per heavy atom. The van der Waals surface area contributed by atoms with Crippen LogP contribution in [0, 0.1) is 0 Å². The molecule has 0 heterocycles. The van der Waals surface area contributed by atoms with Crippen LogP contribution in [0.25, 0.3) is 0 Å². The average molecular weight is 299 g/mol. The van der Waals surface area contributed by atoms with Crippen LogP contribution in [0.5, 0.6) is 5.75 Å². The molecule has 2 rings (SSSR count). The Kier molecular flexibility index (Phi) is 6.94. The van der Waals surface area contributed by atoms with Gasteiger partial charge in [-0.25, -0.2) is 0 Å². The van der Waals surface area contributed by atoms with Gasteiger partial charge in [0.2, 0.25) is 0 Å². The normalized spacial score (nSPS) is 10.9. The van der Waals surface area contributed by atoms with Crippen molar-refractivity contribution in [2.24, 2.45) is 0 Å². The second-order valence-electron chi connectivity index (χ2n) is 5.32. The highest BCUT2D eigenvalue weighted by atomic mass is 16.5. The lowest BCUT2D eigenvalue weighted by Gasteiger charge is -2.21. The zero-order chi connectivity index (χ0) is 15.6. The number of ether oxygens (including phenoxy) is 1. The molecule has 0 aliphatic carbocycles. The van der Waals surface area contributed by atoms with Crippen molar-refractivity contribution in [3.63, 3.8) is 0 Å². The minimum absolute atomic E-state index is 0.180. The van der Waals surface area contributed by atoms with Crippen LogP contribution in [0.2, 0.25) is 0 Å². The molecule has 0 aromatic heterocycles. The molecule has 0 spiro atoms. The van der Waals surface area contributed by atoms with E-state index < -0.39 is 0 Å². The molecule has 118 valence electrons. The van der Waals surface area contributed by atoms with Crippen LogP contribution in [-0.4, -0.2) is 36.3 Å². The van der Waals surface area contributed by atoms with Gasteiger partial charge < -0.3 is 9.84 Å². The van der Waals surface area contributed by atoms with Gasteiger partial charge in [-0.15, -0.1) is 0 Å². The summed E-state index contributed by atoms with van der Waals surface area (Å²) in [4.78, 5) is 2.28. The predicted molar refractivity (Wildman–Crippen MR) is 90.1 cm³/mol. The van der Waals surface area contributed by atoms with E-state index in [9.17, 15) is 5.11 Å². The summed E-state index contributed by atoms with van der Waals surface area (Å²) < 4.78 is 5.55. The summed E-state index contributed by atoms with van der Waals surface area (Å²) in [6, 6.07) is 18.6. The first kappa shape index (κ1) is 16.5. The van der Waals surface area contributed by atoms with Gasteiger partial charge in [-0.05, 0) is 36.6 Å². The van der Waals surface area contributed by atoms with E-state index in [2.05, 4.69) is 41.3 Å². The number of aliphatic hydroxyl groups is 1. The number of aliphatic hydroxyl groups excluding tert-OH is 1. The van der Waals surface area contributed by atoms with Crippen LogP contribution in [0.1, 0.15) is 18.1 Å².